The Balaban J connectivity index is 1.98. The summed E-state index contributed by atoms with van der Waals surface area (Å²) in [4.78, 5) is 0. The summed E-state index contributed by atoms with van der Waals surface area (Å²) < 4.78 is 15.8. The van der Waals surface area contributed by atoms with Crippen LogP contribution in [0, 0.1) is 16.7 Å². The summed E-state index contributed by atoms with van der Waals surface area (Å²) in [7, 11) is 1.65. The van der Waals surface area contributed by atoms with Crippen LogP contribution in [-0.2, 0) is 14.9 Å². The lowest BCUT2D eigenvalue weighted by Gasteiger charge is -2.55. The maximum absolute atomic E-state index is 9.49. The van der Waals surface area contributed by atoms with Crippen LogP contribution >= 0.6 is 0 Å². The largest absolute Gasteiger partial charge is 0.497 e. The summed E-state index contributed by atoms with van der Waals surface area (Å²) in [5.41, 5.74) is 0.492. The molecule has 18 heavy (non-hydrogen) atoms. The first-order valence-electron chi connectivity index (χ1n) is 5.98. The Kier molecular flexibility index (Phi) is 2.54. The van der Waals surface area contributed by atoms with Crippen LogP contribution in [0.2, 0.25) is 0 Å². The summed E-state index contributed by atoms with van der Waals surface area (Å²) in [6, 6.07) is 10.4. The molecule has 0 saturated carbocycles. The summed E-state index contributed by atoms with van der Waals surface area (Å²) in [6.07, 6.45) is 0. The topological polar surface area (TPSA) is 51.5 Å². The number of nitrogens with zero attached hydrogens (tertiary/aromatic N) is 1. The van der Waals surface area contributed by atoms with Gasteiger partial charge < -0.3 is 14.2 Å². The Morgan fingerprint density at radius 1 is 1.11 bits per heavy atom. The van der Waals surface area contributed by atoms with Crippen molar-refractivity contribution < 1.29 is 14.2 Å². The van der Waals surface area contributed by atoms with Gasteiger partial charge in [-0.05, 0) is 17.7 Å². The highest BCUT2D eigenvalue weighted by Crippen LogP contribution is 2.51. The summed E-state index contributed by atoms with van der Waals surface area (Å²) >= 11 is 0. The molecule has 3 rings (SSSR count). The fourth-order valence-electron chi connectivity index (χ4n) is 2.69. The zero-order chi connectivity index (χ0) is 12.6. The van der Waals surface area contributed by atoms with Crippen molar-refractivity contribution in [2.75, 3.05) is 33.5 Å². The zero-order valence-electron chi connectivity index (χ0n) is 10.3. The van der Waals surface area contributed by atoms with Crippen LogP contribution in [0.15, 0.2) is 24.3 Å². The highest BCUT2D eigenvalue weighted by molar-refractivity contribution is 5.39. The fourth-order valence-corrected chi connectivity index (χ4v) is 2.69. The van der Waals surface area contributed by atoms with Gasteiger partial charge in [0.15, 0.2) is 0 Å². The van der Waals surface area contributed by atoms with Gasteiger partial charge in [-0.3, -0.25) is 0 Å². The van der Waals surface area contributed by atoms with Crippen LogP contribution in [0.25, 0.3) is 0 Å². The van der Waals surface area contributed by atoms with Gasteiger partial charge in [-0.15, -0.1) is 0 Å². The van der Waals surface area contributed by atoms with E-state index in [1.54, 1.807) is 7.11 Å². The second kappa shape index (κ2) is 3.98. The Morgan fingerprint density at radius 3 is 2.06 bits per heavy atom. The first-order chi connectivity index (χ1) is 8.76. The van der Waals surface area contributed by atoms with Crippen molar-refractivity contribution in [3.8, 4) is 11.8 Å². The SMILES string of the molecule is COc1ccc(C2(C3(C#N)COC3)COC2)cc1. The Hall–Kier alpha value is -1.57. The van der Waals surface area contributed by atoms with Gasteiger partial charge in [0.1, 0.15) is 11.2 Å². The lowest BCUT2D eigenvalue weighted by Crippen LogP contribution is -2.66. The molecule has 0 N–H and O–H groups in total. The third-order valence-electron chi connectivity index (χ3n) is 4.17. The van der Waals surface area contributed by atoms with E-state index in [0.717, 1.165) is 11.3 Å². The molecule has 2 saturated heterocycles. The first-order valence-corrected chi connectivity index (χ1v) is 5.98. The van der Waals surface area contributed by atoms with E-state index in [1.807, 2.05) is 24.3 Å². The fraction of sp³-hybridized carbons (Fsp3) is 0.500. The smallest absolute Gasteiger partial charge is 0.118 e. The number of ether oxygens (including phenoxy) is 3. The van der Waals surface area contributed by atoms with Crippen LogP contribution in [0.5, 0.6) is 5.75 Å². The summed E-state index contributed by atoms with van der Waals surface area (Å²) in [5, 5.41) is 9.49. The molecule has 1 aromatic rings. The lowest BCUT2D eigenvalue weighted by atomic mass is 9.58. The average molecular weight is 245 g/mol. The number of hydrogen-bond acceptors (Lipinski definition) is 4. The standard InChI is InChI=1S/C14H15NO3/c1-16-12-4-2-11(3-5-12)14(9-18-10-14)13(6-15)7-17-8-13/h2-5H,7-10H2,1H3. The van der Waals surface area contributed by atoms with Gasteiger partial charge in [0.25, 0.3) is 0 Å². The van der Waals surface area contributed by atoms with Crippen LogP contribution in [-0.4, -0.2) is 33.5 Å². The van der Waals surface area contributed by atoms with Gasteiger partial charge in [-0.1, -0.05) is 12.1 Å². The van der Waals surface area contributed by atoms with Crippen molar-refractivity contribution in [2.24, 2.45) is 5.41 Å². The predicted octanol–water partition coefficient (Wildman–Crippen LogP) is 1.50. The third kappa shape index (κ3) is 1.32. The van der Waals surface area contributed by atoms with Crippen LogP contribution in [0.1, 0.15) is 5.56 Å². The molecule has 0 aliphatic carbocycles. The van der Waals surface area contributed by atoms with Gasteiger partial charge in [0.05, 0.1) is 45.0 Å². The quantitative estimate of drug-likeness (QED) is 0.809. The molecular weight excluding hydrogens is 230 g/mol. The van der Waals surface area contributed by atoms with Gasteiger partial charge >= 0.3 is 0 Å². The van der Waals surface area contributed by atoms with E-state index in [9.17, 15) is 5.26 Å². The maximum Gasteiger partial charge on any atom is 0.118 e. The molecule has 2 heterocycles. The number of nitriles is 1. The Bertz CT molecular complexity index is 481. The Labute approximate surface area is 106 Å². The molecule has 2 aliphatic rings. The summed E-state index contributed by atoms with van der Waals surface area (Å²) in [5.74, 6) is 0.824. The van der Waals surface area contributed by atoms with Crippen molar-refractivity contribution in [1.82, 2.24) is 0 Å². The third-order valence-corrected chi connectivity index (χ3v) is 4.17. The number of hydrogen-bond donors (Lipinski definition) is 0. The molecule has 0 atom stereocenters. The van der Waals surface area contributed by atoms with Crippen molar-refractivity contribution in [3.05, 3.63) is 29.8 Å². The van der Waals surface area contributed by atoms with Gasteiger partial charge in [-0.25, -0.2) is 0 Å². The first kappa shape index (κ1) is 11.5. The maximum atomic E-state index is 9.49. The lowest BCUT2D eigenvalue weighted by molar-refractivity contribution is -0.201. The van der Waals surface area contributed by atoms with Gasteiger partial charge in [-0.2, -0.15) is 5.26 Å². The second-order valence-electron chi connectivity index (χ2n) is 4.99. The summed E-state index contributed by atoms with van der Waals surface area (Å²) in [6.45, 7) is 2.18. The van der Waals surface area contributed by atoms with Crippen molar-refractivity contribution in [3.63, 3.8) is 0 Å². The van der Waals surface area contributed by atoms with Crippen molar-refractivity contribution >= 4 is 0 Å². The minimum absolute atomic E-state index is 0.216. The molecule has 0 radical (unpaired) electrons. The van der Waals surface area contributed by atoms with E-state index in [2.05, 4.69) is 6.07 Å². The average Bonchev–Trinajstić information content (AvgIpc) is 2.31. The van der Waals surface area contributed by atoms with E-state index in [-0.39, 0.29) is 5.41 Å². The van der Waals surface area contributed by atoms with Crippen LogP contribution in [0.4, 0.5) is 0 Å². The van der Waals surface area contributed by atoms with Gasteiger partial charge in [0.2, 0.25) is 0 Å². The molecule has 0 bridgehead atoms. The van der Waals surface area contributed by atoms with E-state index in [1.165, 1.54) is 0 Å². The molecule has 2 aliphatic heterocycles. The molecule has 0 aromatic heterocycles. The number of benzene rings is 1. The highest BCUT2D eigenvalue weighted by Gasteiger charge is 2.61. The zero-order valence-corrected chi connectivity index (χ0v) is 10.3. The second-order valence-corrected chi connectivity index (χ2v) is 4.99. The van der Waals surface area contributed by atoms with Gasteiger partial charge in [0, 0.05) is 0 Å². The normalized spacial score (nSPS) is 23.3. The molecule has 1 aromatic carbocycles. The van der Waals surface area contributed by atoms with Crippen molar-refractivity contribution in [2.45, 2.75) is 5.41 Å². The minimum atomic E-state index is -0.431. The van der Waals surface area contributed by atoms with Crippen LogP contribution < -0.4 is 4.74 Å². The highest BCUT2D eigenvalue weighted by atomic mass is 16.5. The molecule has 4 nitrogen and oxygen atoms in total. The molecule has 0 unspecified atom stereocenters. The molecular formula is C14H15NO3. The monoisotopic (exact) mass is 245 g/mol. The van der Waals surface area contributed by atoms with E-state index < -0.39 is 5.41 Å². The van der Waals surface area contributed by atoms with Crippen LogP contribution in [0.3, 0.4) is 0 Å². The predicted molar refractivity (Wildman–Crippen MR) is 64.4 cm³/mol. The Morgan fingerprint density at radius 2 is 1.72 bits per heavy atom. The van der Waals surface area contributed by atoms with E-state index in [0.29, 0.717) is 26.4 Å². The molecule has 2 fully saturated rings. The molecule has 0 amide bonds. The molecule has 4 heteroatoms. The van der Waals surface area contributed by atoms with E-state index >= 15 is 0 Å². The van der Waals surface area contributed by atoms with Crippen molar-refractivity contribution in [1.29, 1.82) is 5.26 Å². The van der Waals surface area contributed by atoms with E-state index in [4.69, 9.17) is 14.2 Å². The number of methoxy groups -OCH3 is 1. The minimum Gasteiger partial charge on any atom is -0.497 e. The molecule has 0 spiro atoms. The molecule has 94 valence electrons. The number of rotatable bonds is 3.